The first-order valence-electron chi connectivity index (χ1n) is 8.29. The molecular formula is C18H28N2. The van der Waals surface area contributed by atoms with E-state index in [1.54, 1.807) is 5.56 Å². The van der Waals surface area contributed by atoms with Crippen LogP contribution in [0.25, 0.3) is 0 Å². The zero-order valence-corrected chi connectivity index (χ0v) is 12.8. The van der Waals surface area contributed by atoms with Crippen LogP contribution >= 0.6 is 0 Å². The van der Waals surface area contributed by atoms with Crippen molar-refractivity contribution in [3.05, 3.63) is 35.4 Å². The highest BCUT2D eigenvalue weighted by atomic mass is 15.1. The minimum Gasteiger partial charge on any atom is -0.313 e. The molecule has 1 N–H and O–H groups in total. The summed E-state index contributed by atoms with van der Waals surface area (Å²) < 4.78 is 0. The Kier molecular flexibility index (Phi) is 4.74. The first-order chi connectivity index (χ1) is 9.81. The van der Waals surface area contributed by atoms with Crippen molar-refractivity contribution in [2.24, 2.45) is 5.92 Å². The van der Waals surface area contributed by atoms with Gasteiger partial charge in [0.2, 0.25) is 0 Å². The molecule has 0 spiro atoms. The van der Waals surface area contributed by atoms with Crippen LogP contribution in [0.4, 0.5) is 0 Å². The van der Waals surface area contributed by atoms with E-state index in [1.807, 2.05) is 0 Å². The van der Waals surface area contributed by atoms with Crippen molar-refractivity contribution < 1.29 is 0 Å². The molecule has 2 aliphatic rings. The Bertz CT molecular complexity index is 417. The second-order valence-electron chi connectivity index (χ2n) is 6.73. The second-order valence-corrected chi connectivity index (χ2v) is 6.73. The molecule has 0 amide bonds. The number of hydrogen-bond donors (Lipinski definition) is 1. The van der Waals surface area contributed by atoms with Gasteiger partial charge in [0.15, 0.2) is 0 Å². The van der Waals surface area contributed by atoms with Crippen LogP contribution in [-0.4, -0.2) is 31.6 Å². The maximum absolute atomic E-state index is 3.63. The van der Waals surface area contributed by atoms with Crippen molar-refractivity contribution in [3.63, 3.8) is 0 Å². The largest absolute Gasteiger partial charge is 0.313 e. The lowest BCUT2D eigenvalue weighted by molar-refractivity contribution is 0.211. The zero-order chi connectivity index (χ0) is 13.8. The van der Waals surface area contributed by atoms with Crippen LogP contribution in [0.5, 0.6) is 0 Å². The number of rotatable bonds is 6. The summed E-state index contributed by atoms with van der Waals surface area (Å²) in [5.41, 5.74) is 3.01. The number of piperidine rings is 1. The Balaban J connectivity index is 1.36. The summed E-state index contributed by atoms with van der Waals surface area (Å²) in [6.07, 6.45) is 6.90. The third-order valence-electron chi connectivity index (χ3n) is 4.90. The maximum atomic E-state index is 3.63. The van der Waals surface area contributed by atoms with Gasteiger partial charge in [0, 0.05) is 6.54 Å². The number of benzene rings is 1. The molecule has 0 unspecified atom stereocenters. The van der Waals surface area contributed by atoms with Crippen molar-refractivity contribution >= 4 is 0 Å². The lowest BCUT2D eigenvalue weighted by atomic mass is 9.94. The van der Waals surface area contributed by atoms with Crippen molar-refractivity contribution in [2.75, 3.05) is 26.7 Å². The highest BCUT2D eigenvalue weighted by Crippen LogP contribution is 2.40. The van der Waals surface area contributed by atoms with Crippen molar-refractivity contribution in [2.45, 2.75) is 44.6 Å². The van der Waals surface area contributed by atoms with E-state index >= 15 is 0 Å². The number of nitrogens with zero attached hydrogens (tertiary/aromatic N) is 1. The van der Waals surface area contributed by atoms with Gasteiger partial charge in [-0.25, -0.2) is 0 Å². The number of nitrogens with one attached hydrogen (secondary N) is 1. The van der Waals surface area contributed by atoms with Gasteiger partial charge in [-0.3, -0.25) is 0 Å². The first kappa shape index (κ1) is 14.1. The van der Waals surface area contributed by atoms with Crippen molar-refractivity contribution in [1.29, 1.82) is 0 Å². The van der Waals surface area contributed by atoms with Crippen LogP contribution in [0.1, 0.15) is 49.1 Å². The quantitative estimate of drug-likeness (QED) is 0.799. The predicted octanol–water partition coefficient (Wildman–Crippen LogP) is 3.39. The van der Waals surface area contributed by atoms with Crippen molar-refractivity contribution in [1.82, 2.24) is 10.2 Å². The maximum Gasteiger partial charge on any atom is 0.0205 e. The zero-order valence-electron chi connectivity index (χ0n) is 12.8. The van der Waals surface area contributed by atoms with E-state index in [0.29, 0.717) is 0 Å². The molecule has 1 aliphatic carbocycles. The van der Waals surface area contributed by atoms with E-state index in [9.17, 15) is 0 Å². The molecule has 1 aliphatic heterocycles. The predicted molar refractivity (Wildman–Crippen MR) is 85.0 cm³/mol. The summed E-state index contributed by atoms with van der Waals surface area (Å²) >= 11 is 0. The molecule has 1 aromatic rings. The number of likely N-dealkylation sites (tertiary alicyclic amines) is 1. The molecule has 20 heavy (non-hydrogen) atoms. The fourth-order valence-corrected chi connectivity index (χ4v) is 3.26. The molecule has 1 saturated heterocycles. The molecular weight excluding hydrogens is 244 g/mol. The van der Waals surface area contributed by atoms with E-state index in [4.69, 9.17) is 0 Å². The van der Waals surface area contributed by atoms with E-state index in [1.165, 1.54) is 57.3 Å². The molecule has 3 rings (SSSR count). The Hall–Kier alpha value is -0.860. The van der Waals surface area contributed by atoms with Crippen LogP contribution in [-0.2, 0) is 6.54 Å². The smallest absolute Gasteiger partial charge is 0.0205 e. The summed E-state index contributed by atoms with van der Waals surface area (Å²) in [6, 6.07) is 9.18. The molecule has 0 radical (unpaired) electrons. The summed E-state index contributed by atoms with van der Waals surface area (Å²) in [4.78, 5) is 2.45. The summed E-state index contributed by atoms with van der Waals surface area (Å²) in [7, 11) is 2.24. The lowest BCUT2D eigenvalue weighted by Crippen LogP contribution is -2.31. The average molecular weight is 272 g/mol. The monoisotopic (exact) mass is 272 g/mol. The second kappa shape index (κ2) is 6.73. The molecule has 110 valence electrons. The lowest BCUT2D eigenvalue weighted by Gasteiger charge is -2.28. The molecule has 1 saturated carbocycles. The van der Waals surface area contributed by atoms with Gasteiger partial charge in [-0.2, -0.15) is 0 Å². The fraction of sp³-hybridized carbons (Fsp3) is 0.667. The van der Waals surface area contributed by atoms with Crippen LogP contribution < -0.4 is 5.32 Å². The Labute approximate surface area is 123 Å². The molecule has 0 atom stereocenters. The van der Waals surface area contributed by atoms with Crippen LogP contribution in [0, 0.1) is 5.92 Å². The SMILES string of the molecule is CN1CCC(CCNCc2cccc(C3CC3)c2)CC1. The van der Waals surface area contributed by atoms with Gasteiger partial charge in [-0.05, 0) is 81.7 Å². The Morgan fingerprint density at radius 3 is 2.70 bits per heavy atom. The third kappa shape index (κ3) is 4.07. The van der Waals surface area contributed by atoms with Gasteiger partial charge in [-0.1, -0.05) is 24.3 Å². The third-order valence-corrected chi connectivity index (χ3v) is 4.90. The summed E-state index contributed by atoms with van der Waals surface area (Å²) in [6.45, 7) is 4.78. The summed E-state index contributed by atoms with van der Waals surface area (Å²) in [5, 5.41) is 3.63. The topological polar surface area (TPSA) is 15.3 Å². The summed E-state index contributed by atoms with van der Waals surface area (Å²) in [5.74, 6) is 1.81. The van der Waals surface area contributed by atoms with Gasteiger partial charge >= 0.3 is 0 Å². The van der Waals surface area contributed by atoms with Crippen LogP contribution in [0.15, 0.2) is 24.3 Å². The van der Waals surface area contributed by atoms with Gasteiger partial charge < -0.3 is 10.2 Å². The fourth-order valence-electron chi connectivity index (χ4n) is 3.26. The Morgan fingerprint density at radius 1 is 1.15 bits per heavy atom. The first-order valence-corrected chi connectivity index (χ1v) is 8.29. The van der Waals surface area contributed by atoms with Gasteiger partial charge in [0.1, 0.15) is 0 Å². The van der Waals surface area contributed by atoms with E-state index in [0.717, 1.165) is 18.4 Å². The molecule has 2 nitrogen and oxygen atoms in total. The minimum atomic E-state index is 0.870. The highest BCUT2D eigenvalue weighted by molar-refractivity contribution is 5.29. The standard InChI is InChI=1S/C18H28N2/c1-20-11-8-15(9-12-20)7-10-19-14-16-3-2-4-18(13-16)17-5-6-17/h2-4,13,15,17,19H,5-12,14H2,1H3. The van der Waals surface area contributed by atoms with Crippen LogP contribution in [0.3, 0.4) is 0 Å². The van der Waals surface area contributed by atoms with E-state index < -0.39 is 0 Å². The minimum absolute atomic E-state index is 0.870. The van der Waals surface area contributed by atoms with Crippen LogP contribution in [0.2, 0.25) is 0 Å². The average Bonchev–Trinajstić information content (AvgIpc) is 3.30. The Morgan fingerprint density at radius 2 is 1.95 bits per heavy atom. The normalized spacial score (nSPS) is 21.2. The molecule has 1 heterocycles. The molecule has 1 aromatic carbocycles. The van der Waals surface area contributed by atoms with Gasteiger partial charge in [-0.15, -0.1) is 0 Å². The van der Waals surface area contributed by atoms with Crippen molar-refractivity contribution in [3.8, 4) is 0 Å². The molecule has 2 fully saturated rings. The van der Waals surface area contributed by atoms with Gasteiger partial charge in [0.25, 0.3) is 0 Å². The molecule has 0 aromatic heterocycles. The number of hydrogen-bond acceptors (Lipinski definition) is 2. The van der Waals surface area contributed by atoms with E-state index in [-0.39, 0.29) is 0 Å². The molecule has 2 heteroatoms. The van der Waals surface area contributed by atoms with Gasteiger partial charge in [0.05, 0.1) is 0 Å². The van der Waals surface area contributed by atoms with E-state index in [2.05, 4.69) is 41.5 Å². The highest BCUT2D eigenvalue weighted by Gasteiger charge is 2.23. The molecule has 0 bridgehead atoms.